The smallest absolute Gasteiger partial charge is 0.161 e. The van der Waals surface area contributed by atoms with Gasteiger partial charge >= 0.3 is 0 Å². The van der Waals surface area contributed by atoms with E-state index in [4.69, 9.17) is 14.2 Å². The molecule has 0 spiro atoms. The van der Waals surface area contributed by atoms with Gasteiger partial charge in [-0.3, -0.25) is 4.90 Å². The lowest BCUT2D eigenvalue weighted by Crippen LogP contribution is -2.48. The Morgan fingerprint density at radius 3 is 2.63 bits per heavy atom. The Hall–Kier alpha value is -2.30. The third-order valence-electron chi connectivity index (χ3n) is 5.40. The Kier molecular flexibility index (Phi) is 4.51. The Morgan fingerprint density at radius 1 is 1.20 bits per heavy atom. The van der Waals surface area contributed by atoms with Crippen LogP contribution in [0, 0.1) is 5.89 Å². The van der Waals surface area contributed by atoms with E-state index in [1.165, 1.54) is 19.1 Å². The Bertz CT molecular complexity index is 1140. The first-order chi connectivity index (χ1) is 16.8. The third kappa shape index (κ3) is 4.40. The summed E-state index contributed by atoms with van der Waals surface area (Å²) >= 11 is 0. The fraction of sp³-hybridized carbons (Fsp3) is 0.462. The lowest BCUT2D eigenvalue weighted by molar-refractivity contribution is -0.0656. The molecule has 0 amide bonds. The highest BCUT2D eigenvalue weighted by molar-refractivity contribution is 5.49. The predicted octanol–water partition coefficient (Wildman–Crippen LogP) is 5.17. The SMILES string of the molecule is [2H]C1([2H])N2CCc3cc(OC)c(OC)cc3[C@@H]2C([2H])([2H])[C@@]([2H])(OCc2ccccc2)[C@@]1([2H])CC(=C)C. The van der Waals surface area contributed by atoms with Crippen LogP contribution < -0.4 is 9.47 Å². The number of fused-ring (bicyclic) bond motifs is 3. The van der Waals surface area contributed by atoms with Crippen molar-refractivity contribution in [2.24, 2.45) is 5.89 Å². The Morgan fingerprint density at radius 2 is 1.93 bits per heavy atom. The second-order valence-corrected chi connectivity index (χ2v) is 7.72. The van der Waals surface area contributed by atoms with Gasteiger partial charge in [0.2, 0.25) is 0 Å². The molecule has 2 heterocycles. The number of piperidine rings is 1. The summed E-state index contributed by atoms with van der Waals surface area (Å²) in [6, 6.07) is 11.3. The molecule has 30 heavy (non-hydrogen) atoms. The van der Waals surface area contributed by atoms with E-state index < -0.39 is 30.9 Å². The van der Waals surface area contributed by atoms with E-state index >= 15 is 0 Å². The average molecular weight is 414 g/mol. The number of ether oxygens (including phenoxy) is 3. The van der Waals surface area contributed by atoms with Gasteiger partial charge in [0.15, 0.2) is 11.5 Å². The van der Waals surface area contributed by atoms with Crippen LogP contribution in [0.1, 0.15) is 50.7 Å². The quantitative estimate of drug-likeness (QED) is 0.586. The lowest BCUT2D eigenvalue weighted by Gasteiger charge is -2.47. The summed E-state index contributed by atoms with van der Waals surface area (Å²) in [6.45, 7) is 3.16. The van der Waals surface area contributed by atoms with Gasteiger partial charge in [0.25, 0.3) is 0 Å². The summed E-state index contributed by atoms with van der Waals surface area (Å²) in [5, 5.41) is 0. The van der Waals surface area contributed by atoms with Gasteiger partial charge in [0, 0.05) is 31.8 Å². The monoisotopic (exact) mass is 413 g/mol. The zero-order chi connectivity index (χ0) is 26.5. The molecule has 2 aromatic rings. The van der Waals surface area contributed by atoms with Crippen LogP contribution in [0.5, 0.6) is 11.5 Å². The van der Waals surface area contributed by atoms with Crippen LogP contribution in [0.2, 0.25) is 0 Å². The predicted molar refractivity (Wildman–Crippen MR) is 120 cm³/mol. The van der Waals surface area contributed by atoms with Gasteiger partial charge in [-0.15, -0.1) is 6.58 Å². The van der Waals surface area contributed by atoms with Crippen LogP contribution >= 0.6 is 0 Å². The van der Waals surface area contributed by atoms with Crippen LogP contribution in [0.15, 0.2) is 54.6 Å². The second-order valence-electron chi connectivity index (χ2n) is 7.72. The molecule has 160 valence electrons. The summed E-state index contributed by atoms with van der Waals surface area (Å²) in [5.41, 5.74) is 2.48. The zero-order valence-corrected chi connectivity index (χ0v) is 17.8. The molecule has 0 aromatic heterocycles. The molecule has 1 saturated heterocycles. The molecule has 0 aliphatic carbocycles. The molecule has 4 nitrogen and oxygen atoms in total. The van der Waals surface area contributed by atoms with Gasteiger partial charge in [-0.05, 0) is 55.0 Å². The van der Waals surface area contributed by atoms with Gasteiger partial charge in [0.05, 0.1) is 28.3 Å². The van der Waals surface area contributed by atoms with Crippen molar-refractivity contribution in [3.8, 4) is 11.5 Å². The molecule has 0 N–H and O–H groups in total. The number of hydrogen-bond acceptors (Lipinski definition) is 4. The minimum Gasteiger partial charge on any atom is -0.493 e. The van der Waals surface area contributed by atoms with Gasteiger partial charge in [-0.2, -0.15) is 0 Å². The maximum Gasteiger partial charge on any atom is 0.161 e. The Balaban J connectivity index is 1.91. The van der Waals surface area contributed by atoms with Crippen molar-refractivity contribution in [3.63, 3.8) is 0 Å². The maximum atomic E-state index is 9.47. The number of benzene rings is 2. The van der Waals surface area contributed by atoms with Crippen molar-refractivity contribution in [2.75, 3.05) is 27.3 Å². The molecule has 0 bridgehead atoms. The first kappa shape index (κ1) is 14.7. The van der Waals surface area contributed by atoms with Crippen molar-refractivity contribution >= 4 is 0 Å². The van der Waals surface area contributed by atoms with E-state index in [1.807, 2.05) is 18.2 Å². The summed E-state index contributed by atoms with van der Waals surface area (Å²) in [6.07, 6.45) is -4.87. The number of hydrogen-bond donors (Lipinski definition) is 0. The highest BCUT2D eigenvalue weighted by atomic mass is 16.5. The highest BCUT2D eigenvalue weighted by Crippen LogP contribution is 2.44. The van der Waals surface area contributed by atoms with Crippen LogP contribution in [-0.2, 0) is 17.8 Å². The number of methoxy groups -OCH3 is 2. The first-order valence-corrected chi connectivity index (χ1v) is 10.2. The van der Waals surface area contributed by atoms with Gasteiger partial charge in [-0.25, -0.2) is 0 Å². The van der Waals surface area contributed by atoms with E-state index in [-0.39, 0.29) is 19.6 Å². The standard InChI is InChI=1S/C26H33NO3/c1-18(2)12-21-16-27-11-10-20-13-25(28-3)26(29-4)14-22(20)23(27)15-24(21)30-17-19-8-6-5-7-9-19/h5-9,13-14,21,23-24H,1,10-12,15-17H2,2-4H3/t21-,23-,24+/m0/s1/i15D2,16D2,21D,24D. The maximum absolute atomic E-state index is 9.47. The zero-order valence-electron chi connectivity index (χ0n) is 23.8. The molecular formula is C26H33NO3. The van der Waals surface area contributed by atoms with E-state index in [1.54, 1.807) is 31.2 Å². The molecular weight excluding hydrogens is 374 g/mol. The average Bonchev–Trinajstić information content (AvgIpc) is 2.84. The first-order valence-electron chi connectivity index (χ1n) is 13.2. The molecule has 4 heteroatoms. The highest BCUT2D eigenvalue weighted by Gasteiger charge is 2.39. The van der Waals surface area contributed by atoms with E-state index in [2.05, 4.69) is 6.58 Å². The second kappa shape index (κ2) is 9.23. The van der Waals surface area contributed by atoms with Gasteiger partial charge in [0.1, 0.15) is 0 Å². The van der Waals surface area contributed by atoms with Crippen LogP contribution in [0.25, 0.3) is 0 Å². The summed E-state index contributed by atoms with van der Waals surface area (Å²) in [7, 11) is 3.01. The topological polar surface area (TPSA) is 30.9 Å². The lowest BCUT2D eigenvalue weighted by atomic mass is 9.79. The minimum atomic E-state index is -2.58. The van der Waals surface area contributed by atoms with E-state index in [0.29, 0.717) is 34.6 Å². The number of allylic oxidation sites excluding steroid dienone is 1. The molecule has 0 radical (unpaired) electrons. The normalized spacial score (nSPS) is 34.6. The van der Waals surface area contributed by atoms with Gasteiger partial charge < -0.3 is 14.2 Å². The fourth-order valence-electron chi connectivity index (χ4n) is 3.94. The van der Waals surface area contributed by atoms with Crippen LogP contribution in [0.3, 0.4) is 0 Å². The van der Waals surface area contributed by atoms with E-state index in [9.17, 15) is 8.22 Å². The molecule has 4 rings (SSSR count). The van der Waals surface area contributed by atoms with Crippen molar-refractivity contribution in [3.05, 3.63) is 71.3 Å². The Labute approximate surface area is 188 Å². The molecule has 2 aliphatic heterocycles. The summed E-state index contributed by atoms with van der Waals surface area (Å²) in [4.78, 5) is 1.38. The molecule has 1 fully saturated rings. The van der Waals surface area contributed by atoms with Crippen LogP contribution in [0.4, 0.5) is 0 Å². The van der Waals surface area contributed by atoms with E-state index in [0.717, 1.165) is 5.56 Å². The minimum absolute atomic E-state index is 0.137. The number of nitrogens with zero attached hydrogens (tertiary/aromatic N) is 1. The number of rotatable bonds is 7. The largest absolute Gasteiger partial charge is 0.493 e. The van der Waals surface area contributed by atoms with Crippen molar-refractivity contribution in [1.29, 1.82) is 0 Å². The van der Waals surface area contributed by atoms with Crippen LogP contribution in [-0.4, -0.2) is 38.2 Å². The summed E-state index contributed by atoms with van der Waals surface area (Å²) < 4.78 is 72.8. The third-order valence-corrected chi connectivity index (χ3v) is 5.40. The molecule has 3 atom stereocenters. The van der Waals surface area contributed by atoms with Gasteiger partial charge in [-0.1, -0.05) is 35.9 Å². The molecule has 2 aliphatic rings. The van der Waals surface area contributed by atoms with Crippen molar-refractivity contribution < 1.29 is 22.4 Å². The summed E-state index contributed by atoms with van der Waals surface area (Å²) in [5.74, 6) is -1.42. The molecule has 0 unspecified atom stereocenters. The van der Waals surface area contributed by atoms with Crippen molar-refractivity contribution in [2.45, 2.75) is 44.9 Å². The van der Waals surface area contributed by atoms with Crippen molar-refractivity contribution in [1.82, 2.24) is 4.90 Å². The molecule has 2 aromatic carbocycles. The fourth-order valence-corrected chi connectivity index (χ4v) is 3.94. The molecule has 0 saturated carbocycles.